The zero-order valence-corrected chi connectivity index (χ0v) is 11.1. The van der Waals surface area contributed by atoms with E-state index in [0.29, 0.717) is 12.4 Å². The van der Waals surface area contributed by atoms with E-state index in [-0.39, 0.29) is 0 Å². The normalized spacial score (nSPS) is 13.4. The van der Waals surface area contributed by atoms with Gasteiger partial charge in [-0.15, -0.1) is 0 Å². The number of aromatic nitrogens is 1. The highest BCUT2D eigenvalue weighted by molar-refractivity contribution is 5.40. The van der Waals surface area contributed by atoms with Gasteiger partial charge in [0.2, 0.25) is 5.88 Å². The number of pyridine rings is 1. The quantitative estimate of drug-likeness (QED) is 0.915. The number of ether oxygens (including phenoxy) is 1. The van der Waals surface area contributed by atoms with Crippen molar-refractivity contribution < 1.29 is 4.74 Å². The van der Waals surface area contributed by atoms with Crippen LogP contribution in [-0.4, -0.2) is 4.98 Å². The van der Waals surface area contributed by atoms with E-state index in [4.69, 9.17) is 10.5 Å². The number of nitrogens with zero attached hydrogens (tertiary/aromatic N) is 1. The Labute approximate surface area is 113 Å². The number of fused-ring (bicyclic) bond motifs is 1. The monoisotopic (exact) mass is 254 g/mol. The molecule has 1 aliphatic carbocycles. The Morgan fingerprint density at radius 3 is 2.79 bits per heavy atom. The molecule has 3 rings (SSSR count). The number of hydrogen-bond acceptors (Lipinski definition) is 3. The summed E-state index contributed by atoms with van der Waals surface area (Å²) in [5.41, 5.74) is 10.5. The van der Waals surface area contributed by atoms with Crippen molar-refractivity contribution in [2.45, 2.75) is 32.7 Å². The van der Waals surface area contributed by atoms with E-state index >= 15 is 0 Å². The van der Waals surface area contributed by atoms with E-state index in [1.807, 2.05) is 25.1 Å². The van der Waals surface area contributed by atoms with Crippen LogP contribution in [0.2, 0.25) is 0 Å². The fourth-order valence-corrected chi connectivity index (χ4v) is 2.57. The van der Waals surface area contributed by atoms with E-state index in [1.165, 1.54) is 24.0 Å². The topological polar surface area (TPSA) is 48.1 Å². The largest absolute Gasteiger partial charge is 0.439 e. The molecule has 19 heavy (non-hydrogen) atoms. The molecule has 3 heteroatoms. The molecule has 3 nitrogen and oxygen atoms in total. The third kappa shape index (κ3) is 2.47. The number of nitrogens with two attached hydrogens (primary N) is 1. The van der Waals surface area contributed by atoms with Crippen LogP contribution in [0.4, 0.5) is 0 Å². The van der Waals surface area contributed by atoms with Crippen LogP contribution in [0.3, 0.4) is 0 Å². The van der Waals surface area contributed by atoms with Crippen molar-refractivity contribution in [2.24, 2.45) is 5.73 Å². The van der Waals surface area contributed by atoms with Crippen LogP contribution in [-0.2, 0) is 19.4 Å². The van der Waals surface area contributed by atoms with E-state index in [9.17, 15) is 0 Å². The molecule has 1 aromatic carbocycles. The predicted molar refractivity (Wildman–Crippen MR) is 75.4 cm³/mol. The van der Waals surface area contributed by atoms with E-state index < -0.39 is 0 Å². The van der Waals surface area contributed by atoms with Gasteiger partial charge in [-0.05, 0) is 55.0 Å². The standard InChI is InChI=1S/C16H18N2O/c1-11-14(10-17)6-8-16(18-11)19-15-7-5-12-3-2-4-13(12)9-15/h5-9H,2-4,10,17H2,1H3. The predicted octanol–water partition coefficient (Wildman–Crippen LogP) is 3.13. The second-order valence-electron chi connectivity index (χ2n) is 4.98. The molecule has 0 bridgehead atoms. The molecule has 0 amide bonds. The van der Waals surface area contributed by atoms with Crippen molar-refractivity contribution in [2.75, 3.05) is 0 Å². The average molecular weight is 254 g/mol. The number of benzene rings is 1. The van der Waals surface area contributed by atoms with E-state index in [1.54, 1.807) is 0 Å². The summed E-state index contributed by atoms with van der Waals surface area (Å²) in [6, 6.07) is 10.2. The maximum Gasteiger partial charge on any atom is 0.219 e. The van der Waals surface area contributed by atoms with Gasteiger partial charge in [0.1, 0.15) is 5.75 Å². The Bertz CT molecular complexity index is 608. The molecule has 1 aliphatic rings. The van der Waals surface area contributed by atoms with Gasteiger partial charge in [0, 0.05) is 18.3 Å². The van der Waals surface area contributed by atoms with Gasteiger partial charge in [0.05, 0.1) is 0 Å². The molecule has 0 saturated heterocycles. The Morgan fingerprint density at radius 2 is 2.00 bits per heavy atom. The van der Waals surface area contributed by atoms with Gasteiger partial charge in [0.15, 0.2) is 0 Å². The first-order valence-corrected chi connectivity index (χ1v) is 6.72. The van der Waals surface area contributed by atoms with Gasteiger partial charge in [0.25, 0.3) is 0 Å². The summed E-state index contributed by atoms with van der Waals surface area (Å²) < 4.78 is 5.83. The van der Waals surface area contributed by atoms with Crippen molar-refractivity contribution in [3.05, 3.63) is 52.7 Å². The molecule has 0 fully saturated rings. The van der Waals surface area contributed by atoms with Gasteiger partial charge in [-0.3, -0.25) is 0 Å². The molecule has 0 unspecified atom stereocenters. The maximum atomic E-state index is 5.83. The molecule has 1 heterocycles. The summed E-state index contributed by atoms with van der Waals surface area (Å²) in [7, 11) is 0. The molecular formula is C16H18N2O. The van der Waals surface area contributed by atoms with Crippen LogP contribution in [0, 0.1) is 6.92 Å². The molecule has 0 atom stereocenters. The van der Waals surface area contributed by atoms with Crippen LogP contribution in [0.5, 0.6) is 11.6 Å². The molecule has 2 N–H and O–H groups in total. The number of aryl methyl sites for hydroxylation is 3. The van der Waals surface area contributed by atoms with Gasteiger partial charge < -0.3 is 10.5 Å². The van der Waals surface area contributed by atoms with Gasteiger partial charge in [-0.2, -0.15) is 0 Å². The van der Waals surface area contributed by atoms with Crippen molar-refractivity contribution in [3.63, 3.8) is 0 Å². The van der Waals surface area contributed by atoms with Crippen LogP contribution < -0.4 is 10.5 Å². The third-order valence-corrected chi connectivity index (χ3v) is 3.68. The Hall–Kier alpha value is -1.87. The van der Waals surface area contributed by atoms with E-state index in [0.717, 1.165) is 23.4 Å². The lowest BCUT2D eigenvalue weighted by molar-refractivity contribution is 0.460. The summed E-state index contributed by atoms with van der Waals surface area (Å²) in [5.74, 6) is 1.50. The number of rotatable bonds is 3. The fraction of sp³-hybridized carbons (Fsp3) is 0.312. The first kappa shape index (κ1) is 12.2. The summed E-state index contributed by atoms with van der Waals surface area (Å²) in [4.78, 5) is 4.43. The molecule has 0 radical (unpaired) electrons. The maximum absolute atomic E-state index is 5.83. The molecule has 0 spiro atoms. The van der Waals surface area contributed by atoms with E-state index in [2.05, 4.69) is 17.1 Å². The Morgan fingerprint density at radius 1 is 1.16 bits per heavy atom. The second-order valence-corrected chi connectivity index (χ2v) is 4.98. The van der Waals surface area contributed by atoms with Crippen molar-refractivity contribution in [1.82, 2.24) is 4.98 Å². The van der Waals surface area contributed by atoms with Crippen LogP contribution in [0.15, 0.2) is 30.3 Å². The summed E-state index contributed by atoms with van der Waals surface area (Å²) in [5, 5.41) is 0. The van der Waals surface area contributed by atoms with Crippen molar-refractivity contribution in [3.8, 4) is 11.6 Å². The summed E-state index contributed by atoms with van der Waals surface area (Å²) in [6.45, 7) is 2.47. The first-order valence-electron chi connectivity index (χ1n) is 6.72. The highest BCUT2D eigenvalue weighted by Gasteiger charge is 2.11. The molecule has 1 aromatic heterocycles. The van der Waals surface area contributed by atoms with Crippen molar-refractivity contribution >= 4 is 0 Å². The highest BCUT2D eigenvalue weighted by Crippen LogP contribution is 2.28. The fourth-order valence-electron chi connectivity index (χ4n) is 2.57. The Kier molecular flexibility index (Phi) is 3.22. The highest BCUT2D eigenvalue weighted by atomic mass is 16.5. The summed E-state index contributed by atoms with van der Waals surface area (Å²) >= 11 is 0. The molecule has 0 aliphatic heterocycles. The van der Waals surface area contributed by atoms with Gasteiger partial charge >= 0.3 is 0 Å². The van der Waals surface area contributed by atoms with Crippen LogP contribution >= 0.6 is 0 Å². The zero-order chi connectivity index (χ0) is 13.2. The number of hydrogen-bond donors (Lipinski definition) is 1. The average Bonchev–Trinajstić information content (AvgIpc) is 2.86. The Balaban J connectivity index is 1.83. The molecule has 0 saturated carbocycles. The first-order chi connectivity index (χ1) is 9.26. The summed E-state index contributed by atoms with van der Waals surface area (Å²) in [6.07, 6.45) is 3.60. The lowest BCUT2D eigenvalue weighted by Crippen LogP contribution is -2.01. The van der Waals surface area contributed by atoms with Crippen LogP contribution in [0.25, 0.3) is 0 Å². The smallest absolute Gasteiger partial charge is 0.219 e. The van der Waals surface area contributed by atoms with Gasteiger partial charge in [-0.1, -0.05) is 12.1 Å². The molecule has 2 aromatic rings. The van der Waals surface area contributed by atoms with Gasteiger partial charge in [-0.25, -0.2) is 4.98 Å². The minimum atomic E-state index is 0.512. The SMILES string of the molecule is Cc1nc(Oc2ccc3c(c2)CCC3)ccc1CN. The second kappa shape index (κ2) is 5.02. The third-order valence-electron chi connectivity index (χ3n) is 3.68. The molecular weight excluding hydrogens is 236 g/mol. The van der Waals surface area contributed by atoms with Crippen molar-refractivity contribution in [1.29, 1.82) is 0 Å². The molecule has 98 valence electrons. The van der Waals surface area contributed by atoms with Crippen LogP contribution in [0.1, 0.15) is 28.8 Å². The lowest BCUT2D eigenvalue weighted by atomic mass is 10.1. The minimum Gasteiger partial charge on any atom is -0.439 e. The lowest BCUT2D eigenvalue weighted by Gasteiger charge is -2.09. The zero-order valence-electron chi connectivity index (χ0n) is 11.1. The minimum absolute atomic E-state index is 0.512.